The molecule has 4 nitrogen and oxygen atoms in total. The van der Waals surface area contributed by atoms with Crippen molar-refractivity contribution >= 4 is 40.8 Å². The molecule has 0 atom stereocenters. The lowest BCUT2D eigenvalue weighted by Crippen LogP contribution is -2.14. The molecule has 1 aromatic rings. The Kier molecular flexibility index (Phi) is 4.54. The quantitative estimate of drug-likeness (QED) is 0.833. The van der Waals surface area contributed by atoms with E-state index in [-0.39, 0.29) is 5.57 Å². The number of halogens is 2. The third-order valence-electron chi connectivity index (χ3n) is 1.87. The van der Waals surface area contributed by atoms with Gasteiger partial charge in [-0.25, -0.2) is 4.79 Å². The van der Waals surface area contributed by atoms with Gasteiger partial charge in [-0.05, 0) is 25.1 Å². The summed E-state index contributed by atoms with van der Waals surface area (Å²) in [4.78, 5) is 22.0. The number of carbonyl (C=O) groups excluding carboxylic acids is 1. The molecule has 90 valence electrons. The summed E-state index contributed by atoms with van der Waals surface area (Å²) >= 11 is 11.6. The Morgan fingerprint density at radius 1 is 1.35 bits per heavy atom. The minimum atomic E-state index is -1.19. The zero-order valence-corrected chi connectivity index (χ0v) is 10.3. The summed E-state index contributed by atoms with van der Waals surface area (Å²) in [6.45, 7) is 1.39. The second-order valence-corrected chi connectivity index (χ2v) is 4.09. The van der Waals surface area contributed by atoms with Crippen molar-refractivity contribution in [3.05, 3.63) is 39.9 Å². The SMILES string of the molecule is C/C(=C/C(=O)O)C(=O)Nc1cc(Cl)ccc1Cl. The summed E-state index contributed by atoms with van der Waals surface area (Å²) in [5.74, 6) is -1.73. The van der Waals surface area contributed by atoms with Gasteiger partial charge < -0.3 is 10.4 Å². The molecule has 0 radical (unpaired) electrons. The van der Waals surface area contributed by atoms with E-state index < -0.39 is 11.9 Å². The van der Waals surface area contributed by atoms with E-state index in [0.717, 1.165) is 6.08 Å². The summed E-state index contributed by atoms with van der Waals surface area (Å²) < 4.78 is 0. The topological polar surface area (TPSA) is 66.4 Å². The number of nitrogens with one attached hydrogen (secondary N) is 1. The minimum Gasteiger partial charge on any atom is -0.478 e. The molecule has 1 amide bonds. The van der Waals surface area contributed by atoms with Crippen molar-refractivity contribution in [2.45, 2.75) is 6.92 Å². The van der Waals surface area contributed by atoms with Crippen molar-refractivity contribution < 1.29 is 14.7 Å². The van der Waals surface area contributed by atoms with Gasteiger partial charge in [0.2, 0.25) is 0 Å². The highest BCUT2D eigenvalue weighted by Crippen LogP contribution is 2.25. The molecule has 0 saturated carbocycles. The third kappa shape index (κ3) is 4.09. The van der Waals surface area contributed by atoms with Crippen molar-refractivity contribution in [2.24, 2.45) is 0 Å². The Morgan fingerprint density at radius 2 is 2.00 bits per heavy atom. The van der Waals surface area contributed by atoms with Crippen molar-refractivity contribution in [1.82, 2.24) is 0 Å². The number of carboxylic acid groups (broad SMARTS) is 1. The monoisotopic (exact) mass is 273 g/mol. The number of hydrogen-bond donors (Lipinski definition) is 2. The zero-order valence-electron chi connectivity index (χ0n) is 8.83. The minimum absolute atomic E-state index is 0.0635. The molecule has 0 saturated heterocycles. The molecule has 6 heteroatoms. The highest BCUT2D eigenvalue weighted by molar-refractivity contribution is 6.35. The molecule has 0 fully saturated rings. The lowest BCUT2D eigenvalue weighted by molar-refractivity contribution is -0.131. The van der Waals surface area contributed by atoms with Crippen LogP contribution in [0.3, 0.4) is 0 Å². The number of hydrogen-bond acceptors (Lipinski definition) is 2. The molecule has 2 N–H and O–H groups in total. The summed E-state index contributed by atoms with van der Waals surface area (Å²) in [5.41, 5.74) is 0.399. The largest absolute Gasteiger partial charge is 0.478 e. The van der Waals surface area contributed by atoms with Gasteiger partial charge in [-0.1, -0.05) is 23.2 Å². The van der Waals surface area contributed by atoms with Gasteiger partial charge >= 0.3 is 5.97 Å². The van der Waals surface area contributed by atoms with E-state index in [9.17, 15) is 9.59 Å². The molecule has 0 aliphatic carbocycles. The first-order valence-electron chi connectivity index (χ1n) is 4.58. The smallest absolute Gasteiger partial charge is 0.328 e. The van der Waals surface area contributed by atoms with Crippen LogP contribution in [0.4, 0.5) is 5.69 Å². The van der Waals surface area contributed by atoms with E-state index in [4.69, 9.17) is 28.3 Å². The number of benzene rings is 1. The molecule has 0 bridgehead atoms. The van der Waals surface area contributed by atoms with Crippen LogP contribution in [0, 0.1) is 0 Å². The van der Waals surface area contributed by atoms with E-state index in [1.807, 2.05) is 0 Å². The summed E-state index contributed by atoms with van der Waals surface area (Å²) in [6.07, 6.45) is 0.813. The van der Waals surface area contributed by atoms with Crippen LogP contribution in [0.1, 0.15) is 6.92 Å². The predicted molar refractivity (Wildman–Crippen MR) is 66.5 cm³/mol. The van der Waals surface area contributed by atoms with Gasteiger partial charge in [-0.15, -0.1) is 0 Å². The number of carbonyl (C=O) groups is 2. The highest BCUT2D eigenvalue weighted by Gasteiger charge is 2.09. The molecule has 0 heterocycles. The van der Waals surface area contributed by atoms with Crippen molar-refractivity contribution in [2.75, 3.05) is 5.32 Å². The average molecular weight is 274 g/mol. The Hall–Kier alpha value is -1.52. The Morgan fingerprint density at radius 3 is 2.59 bits per heavy atom. The van der Waals surface area contributed by atoms with Gasteiger partial charge in [0, 0.05) is 16.7 Å². The lowest BCUT2D eigenvalue weighted by Gasteiger charge is -2.07. The predicted octanol–water partition coefficient (Wildman–Crippen LogP) is 2.96. The summed E-state index contributed by atoms with van der Waals surface area (Å²) in [6, 6.07) is 4.60. The molecular formula is C11H9Cl2NO3. The van der Waals surface area contributed by atoms with Gasteiger partial charge in [-0.2, -0.15) is 0 Å². The first kappa shape index (κ1) is 13.5. The van der Waals surface area contributed by atoms with Gasteiger partial charge in [0.15, 0.2) is 0 Å². The fraction of sp³-hybridized carbons (Fsp3) is 0.0909. The zero-order chi connectivity index (χ0) is 13.0. The maximum absolute atomic E-state index is 11.6. The lowest BCUT2D eigenvalue weighted by atomic mass is 10.2. The fourth-order valence-corrected chi connectivity index (χ4v) is 1.40. The van der Waals surface area contributed by atoms with E-state index in [1.54, 1.807) is 6.07 Å². The van der Waals surface area contributed by atoms with Crippen LogP contribution in [-0.4, -0.2) is 17.0 Å². The van der Waals surface area contributed by atoms with E-state index in [0.29, 0.717) is 15.7 Å². The normalized spacial score (nSPS) is 11.1. The van der Waals surface area contributed by atoms with E-state index in [1.165, 1.54) is 19.1 Å². The molecule has 1 rings (SSSR count). The molecule has 0 aliphatic rings. The first-order valence-corrected chi connectivity index (χ1v) is 5.33. The number of aliphatic carboxylic acids is 1. The second-order valence-electron chi connectivity index (χ2n) is 3.24. The molecular weight excluding hydrogens is 265 g/mol. The van der Waals surface area contributed by atoms with Gasteiger partial charge in [0.1, 0.15) is 0 Å². The molecule has 0 aromatic heterocycles. The second kappa shape index (κ2) is 5.70. The van der Waals surface area contributed by atoms with Crippen LogP contribution in [0.5, 0.6) is 0 Å². The molecule has 0 spiro atoms. The number of rotatable bonds is 3. The van der Waals surface area contributed by atoms with Gasteiger partial charge in [0.25, 0.3) is 5.91 Å². The van der Waals surface area contributed by atoms with Crippen LogP contribution < -0.4 is 5.32 Å². The van der Waals surface area contributed by atoms with Crippen LogP contribution >= 0.6 is 23.2 Å². The Balaban J connectivity index is 2.88. The number of anilines is 1. The van der Waals surface area contributed by atoms with E-state index in [2.05, 4.69) is 5.32 Å². The highest BCUT2D eigenvalue weighted by atomic mass is 35.5. The first-order chi connectivity index (χ1) is 7.90. The Labute approximate surface area is 108 Å². The van der Waals surface area contributed by atoms with E-state index >= 15 is 0 Å². The maximum Gasteiger partial charge on any atom is 0.328 e. The van der Waals surface area contributed by atoms with Crippen molar-refractivity contribution in [3.63, 3.8) is 0 Å². The van der Waals surface area contributed by atoms with Crippen LogP contribution in [0.15, 0.2) is 29.8 Å². The number of carboxylic acids is 1. The van der Waals surface area contributed by atoms with Gasteiger partial charge in [-0.3, -0.25) is 4.79 Å². The molecule has 17 heavy (non-hydrogen) atoms. The summed E-state index contributed by atoms with van der Waals surface area (Å²) in [7, 11) is 0. The molecule has 1 aromatic carbocycles. The summed E-state index contributed by atoms with van der Waals surface area (Å²) in [5, 5.41) is 11.7. The Bertz CT molecular complexity index is 497. The maximum atomic E-state index is 11.6. The molecule has 0 unspecified atom stereocenters. The van der Waals surface area contributed by atoms with Crippen LogP contribution in [0.25, 0.3) is 0 Å². The van der Waals surface area contributed by atoms with Gasteiger partial charge in [0.05, 0.1) is 10.7 Å². The molecule has 0 aliphatic heterocycles. The van der Waals surface area contributed by atoms with Crippen molar-refractivity contribution in [1.29, 1.82) is 0 Å². The van der Waals surface area contributed by atoms with Crippen LogP contribution in [-0.2, 0) is 9.59 Å². The fourth-order valence-electron chi connectivity index (χ4n) is 1.06. The third-order valence-corrected chi connectivity index (χ3v) is 2.44. The standard InChI is InChI=1S/C11H9Cl2NO3/c1-6(4-10(15)16)11(17)14-9-5-7(12)2-3-8(9)13/h2-5H,1H3,(H,14,17)(H,15,16)/b6-4-. The van der Waals surface area contributed by atoms with Crippen molar-refractivity contribution in [3.8, 4) is 0 Å². The average Bonchev–Trinajstić information content (AvgIpc) is 2.22. The number of amides is 1. The van der Waals surface area contributed by atoms with Crippen LogP contribution in [0.2, 0.25) is 10.0 Å².